The van der Waals surface area contributed by atoms with Gasteiger partial charge in [0.25, 0.3) is 10.0 Å². The Hall–Kier alpha value is -3.23. The summed E-state index contributed by atoms with van der Waals surface area (Å²) in [4.78, 5) is 12.8. The van der Waals surface area contributed by atoms with Crippen molar-refractivity contribution in [2.75, 3.05) is 30.6 Å². The van der Waals surface area contributed by atoms with E-state index in [9.17, 15) is 13.2 Å². The number of nitrogens with zero attached hydrogens (tertiary/aromatic N) is 1. The van der Waals surface area contributed by atoms with Gasteiger partial charge in [0, 0.05) is 5.02 Å². The van der Waals surface area contributed by atoms with Crippen LogP contribution in [0.2, 0.25) is 5.02 Å². The van der Waals surface area contributed by atoms with E-state index in [4.69, 9.17) is 21.1 Å². The van der Waals surface area contributed by atoms with E-state index in [0.29, 0.717) is 23.1 Å². The Labute approximate surface area is 211 Å². The van der Waals surface area contributed by atoms with Crippen LogP contribution in [0, 0.1) is 13.8 Å². The summed E-state index contributed by atoms with van der Waals surface area (Å²) in [5.74, 6) is 0.898. The number of rotatable bonds is 11. The van der Waals surface area contributed by atoms with E-state index in [0.717, 1.165) is 21.2 Å². The fourth-order valence-corrected chi connectivity index (χ4v) is 4.89. The van der Waals surface area contributed by atoms with Crippen LogP contribution < -0.4 is 19.1 Å². The molecule has 0 aliphatic heterocycles. The van der Waals surface area contributed by atoms with E-state index in [2.05, 4.69) is 5.32 Å². The molecule has 0 unspecified atom stereocenters. The molecule has 3 aromatic carbocycles. The minimum Gasteiger partial charge on any atom is -0.494 e. The Morgan fingerprint density at radius 2 is 1.66 bits per heavy atom. The maximum Gasteiger partial charge on any atom is 0.264 e. The average Bonchev–Trinajstić information content (AvgIpc) is 2.84. The lowest BCUT2D eigenvalue weighted by atomic mass is 10.1. The first-order valence-electron chi connectivity index (χ1n) is 11.2. The first kappa shape index (κ1) is 26.4. The number of hydrogen-bond donors (Lipinski definition) is 1. The quantitative estimate of drug-likeness (QED) is 0.372. The standard InChI is InChI=1S/C26H29ClN2O5S/c1-4-33-23-12-10-22(11-13-23)29(35(31,32)24-14-8-21(27)9-15-24)18-26(30)28-16-17-34-25-7-5-6-19(2)20(25)3/h5-15H,4,16-18H2,1-3H3,(H,28,30). The highest BCUT2D eigenvalue weighted by Gasteiger charge is 2.27. The summed E-state index contributed by atoms with van der Waals surface area (Å²) in [5.41, 5.74) is 2.49. The van der Waals surface area contributed by atoms with Crippen molar-refractivity contribution in [1.29, 1.82) is 0 Å². The Bertz CT molecular complexity index is 1250. The van der Waals surface area contributed by atoms with Gasteiger partial charge < -0.3 is 14.8 Å². The summed E-state index contributed by atoms with van der Waals surface area (Å²) in [5, 5.41) is 3.15. The zero-order chi connectivity index (χ0) is 25.4. The lowest BCUT2D eigenvalue weighted by Crippen LogP contribution is -2.41. The molecule has 186 valence electrons. The molecule has 0 aliphatic carbocycles. The molecule has 0 fully saturated rings. The van der Waals surface area contributed by atoms with E-state index in [-0.39, 0.29) is 18.0 Å². The molecule has 0 spiro atoms. The third kappa shape index (κ3) is 6.90. The van der Waals surface area contributed by atoms with E-state index >= 15 is 0 Å². The van der Waals surface area contributed by atoms with Gasteiger partial charge in [-0.1, -0.05) is 23.7 Å². The largest absolute Gasteiger partial charge is 0.494 e. The molecule has 0 saturated carbocycles. The van der Waals surface area contributed by atoms with E-state index in [1.54, 1.807) is 24.3 Å². The molecule has 35 heavy (non-hydrogen) atoms. The summed E-state index contributed by atoms with van der Waals surface area (Å²) in [7, 11) is -4.03. The van der Waals surface area contributed by atoms with Crippen molar-refractivity contribution in [2.24, 2.45) is 0 Å². The summed E-state index contributed by atoms with van der Waals surface area (Å²) in [6.45, 7) is 6.40. The van der Waals surface area contributed by atoms with Gasteiger partial charge in [-0.3, -0.25) is 9.10 Å². The maximum absolute atomic E-state index is 13.4. The van der Waals surface area contributed by atoms with Crippen molar-refractivity contribution in [3.05, 3.63) is 82.9 Å². The summed E-state index contributed by atoms with van der Waals surface area (Å²) < 4.78 is 39.1. The van der Waals surface area contributed by atoms with Crippen LogP contribution in [0.3, 0.4) is 0 Å². The topological polar surface area (TPSA) is 84.9 Å². The number of benzene rings is 3. The molecule has 3 rings (SSSR count). The zero-order valence-electron chi connectivity index (χ0n) is 20.0. The molecular weight excluding hydrogens is 488 g/mol. The highest BCUT2D eigenvalue weighted by atomic mass is 35.5. The highest BCUT2D eigenvalue weighted by molar-refractivity contribution is 7.92. The van der Waals surface area contributed by atoms with Gasteiger partial charge in [-0.15, -0.1) is 0 Å². The van der Waals surface area contributed by atoms with Gasteiger partial charge in [-0.25, -0.2) is 8.42 Å². The second-order valence-electron chi connectivity index (χ2n) is 7.79. The van der Waals surface area contributed by atoms with Crippen molar-refractivity contribution in [2.45, 2.75) is 25.7 Å². The number of hydrogen-bond acceptors (Lipinski definition) is 5. The van der Waals surface area contributed by atoms with Crippen LogP contribution in [-0.2, 0) is 14.8 Å². The van der Waals surface area contributed by atoms with Crippen LogP contribution in [0.5, 0.6) is 11.5 Å². The van der Waals surface area contributed by atoms with Crippen molar-refractivity contribution >= 4 is 33.2 Å². The second-order valence-corrected chi connectivity index (χ2v) is 10.1. The molecule has 1 amide bonds. The smallest absolute Gasteiger partial charge is 0.264 e. The predicted molar refractivity (Wildman–Crippen MR) is 138 cm³/mol. The number of carbonyl (C=O) groups excluding carboxylic acids is 1. The van der Waals surface area contributed by atoms with Crippen molar-refractivity contribution < 1.29 is 22.7 Å². The molecular formula is C26H29ClN2O5S. The molecule has 0 radical (unpaired) electrons. The van der Waals surface area contributed by atoms with Crippen LogP contribution in [0.15, 0.2) is 71.6 Å². The van der Waals surface area contributed by atoms with Crippen molar-refractivity contribution in [1.82, 2.24) is 5.32 Å². The molecule has 0 heterocycles. The van der Waals surface area contributed by atoms with E-state index in [1.165, 1.54) is 24.3 Å². The third-order valence-electron chi connectivity index (χ3n) is 5.36. The van der Waals surface area contributed by atoms with Crippen molar-refractivity contribution in [3.63, 3.8) is 0 Å². The highest BCUT2D eigenvalue weighted by Crippen LogP contribution is 2.26. The summed E-state index contributed by atoms with van der Waals surface area (Å²) in [6, 6.07) is 18.1. The van der Waals surface area contributed by atoms with Gasteiger partial charge in [-0.05, 0) is 86.5 Å². The molecule has 0 aliphatic rings. The number of aryl methyl sites for hydroxylation is 1. The lowest BCUT2D eigenvalue weighted by Gasteiger charge is -2.24. The Morgan fingerprint density at radius 1 is 0.971 bits per heavy atom. The average molecular weight is 517 g/mol. The number of amides is 1. The van der Waals surface area contributed by atoms with Crippen molar-refractivity contribution in [3.8, 4) is 11.5 Å². The van der Waals surface area contributed by atoms with Crippen LogP contribution in [-0.4, -0.2) is 40.6 Å². The van der Waals surface area contributed by atoms with Gasteiger partial charge >= 0.3 is 0 Å². The van der Waals surface area contributed by atoms with Crippen LogP contribution in [0.4, 0.5) is 5.69 Å². The van der Waals surface area contributed by atoms with Crippen LogP contribution in [0.1, 0.15) is 18.1 Å². The molecule has 3 aromatic rings. The number of halogens is 1. The first-order valence-corrected chi connectivity index (χ1v) is 13.0. The van der Waals surface area contributed by atoms with Crippen LogP contribution in [0.25, 0.3) is 0 Å². The number of ether oxygens (including phenoxy) is 2. The van der Waals surface area contributed by atoms with Gasteiger partial charge in [-0.2, -0.15) is 0 Å². The normalized spacial score (nSPS) is 11.1. The zero-order valence-corrected chi connectivity index (χ0v) is 21.5. The number of nitrogens with one attached hydrogen (secondary N) is 1. The second kappa shape index (κ2) is 12.0. The van der Waals surface area contributed by atoms with Gasteiger partial charge in [0.1, 0.15) is 24.7 Å². The first-order chi connectivity index (χ1) is 16.7. The minimum atomic E-state index is -4.03. The van der Waals surface area contributed by atoms with E-state index < -0.39 is 22.5 Å². The molecule has 0 saturated heterocycles. The number of anilines is 1. The fraction of sp³-hybridized carbons (Fsp3) is 0.269. The molecule has 0 bridgehead atoms. The maximum atomic E-state index is 13.4. The molecule has 1 N–H and O–H groups in total. The summed E-state index contributed by atoms with van der Waals surface area (Å²) in [6.07, 6.45) is 0. The fourth-order valence-electron chi connectivity index (χ4n) is 3.34. The van der Waals surface area contributed by atoms with Gasteiger partial charge in [0.05, 0.1) is 23.7 Å². The number of carbonyl (C=O) groups is 1. The predicted octanol–water partition coefficient (Wildman–Crippen LogP) is 4.75. The summed E-state index contributed by atoms with van der Waals surface area (Å²) >= 11 is 5.93. The molecule has 0 atom stereocenters. The van der Waals surface area contributed by atoms with E-state index in [1.807, 2.05) is 39.0 Å². The Kier molecular flexibility index (Phi) is 9.01. The Morgan fingerprint density at radius 3 is 2.31 bits per heavy atom. The monoisotopic (exact) mass is 516 g/mol. The van der Waals surface area contributed by atoms with Crippen LogP contribution >= 0.6 is 11.6 Å². The molecule has 0 aromatic heterocycles. The Balaban J connectivity index is 1.72. The number of sulfonamides is 1. The molecule has 7 nitrogen and oxygen atoms in total. The third-order valence-corrected chi connectivity index (χ3v) is 7.40. The molecule has 9 heteroatoms. The van der Waals surface area contributed by atoms with Gasteiger partial charge in [0.2, 0.25) is 5.91 Å². The van der Waals surface area contributed by atoms with Gasteiger partial charge in [0.15, 0.2) is 0 Å². The lowest BCUT2D eigenvalue weighted by molar-refractivity contribution is -0.119. The SMILES string of the molecule is CCOc1ccc(N(CC(=O)NCCOc2cccc(C)c2C)S(=O)(=O)c2ccc(Cl)cc2)cc1. The minimum absolute atomic E-state index is 0.0295.